The number of anilines is 1. The Morgan fingerprint density at radius 3 is 2.93 bits per heavy atom. The molecule has 27 heavy (non-hydrogen) atoms. The fourth-order valence-electron chi connectivity index (χ4n) is 4.11. The fraction of sp³-hybridized carbons (Fsp3) is 0.636. The van der Waals surface area contributed by atoms with E-state index in [-0.39, 0.29) is 17.7 Å². The first kappa shape index (κ1) is 19.7. The molecule has 0 saturated heterocycles. The lowest BCUT2D eigenvalue weighted by atomic mass is 9.78. The average Bonchev–Trinajstić information content (AvgIpc) is 2.63. The summed E-state index contributed by atoms with van der Waals surface area (Å²) in [5.41, 5.74) is 1.99. The number of nitrogens with one attached hydrogen (secondary N) is 2. The molecular weight excluding hydrogens is 340 g/mol. The molecule has 148 valence electrons. The van der Waals surface area contributed by atoms with E-state index in [1.807, 2.05) is 25.1 Å². The largest absolute Gasteiger partial charge is 0.493 e. The SMILES string of the molecule is CC(COc1ccc2c(c1)CCC(=O)N2)CC(=O)NC1CCCC(C)C1C. The average molecular weight is 373 g/mol. The number of fused-ring (bicyclic) bond motifs is 1. The van der Waals surface area contributed by atoms with Crippen molar-refractivity contribution in [2.75, 3.05) is 11.9 Å². The minimum atomic E-state index is 0.0671. The number of hydrogen-bond acceptors (Lipinski definition) is 3. The van der Waals surface area contributed by atoms with Crippen LogP contribution in [0.15, 0.2) is 18.2 Å². The molecule has 1 aromatic carbocycles. The van der Waals surface area contributed by atoms with Crippen LogP contribution in [0.4, 0.5) is 5.69 Å². The Labute approximate surface area is 162 Å². The Morgan fingerprint density at radius 1 is 1.30 bits per heavy atom. The number of rotatable bonds is 6. The first-order valence-electron chi connectivity index (χ1n) is 10.3. The number of ether oxygens (including phenoxy) is 1. The molecule has 0 radical (unpaired) electrons. The van der Waals surface area contributed by atoms with Gasteiger partial charge in [0.2, 0.25) is 11.8 Å². The highest BCUT2D eigenvalue weighted by Crippen LogP contribution is 2.30. The van der Waals surface area contributed by atoms with E-state index in [1.54, 1.807) is 0 Å². The Morgan fingerprint density at radius 2 is 2.11 bits per heavy atom. The van der Waals surface area contributed by atoms with E-state index in [2.05, 4.69) is 24.5 Å². The van der Waals surface area contributed by atoms with Gasteiger partial charge in [0.1, 0.15) is 5.75 Å². The van der Waals surface area contributed by atoms with E-state index in [1.165, 1.54) is 12.8 Å². The summed E-state index contributed by atoms with van der Waals surface area (Å²) in [7, 11) is 0. The van der Waals surface area contributed by atoms with Crippen molar-refractivity contribution in [2.45, 2.75) is 65.3 Å². The van der Waals surface area contributed by atoms with Crippen LogP contribution in [-0.4, -0.2) is 24.5 Å². The predicted molar refractivity (Wildman–Crippen MR) is 107 cm³/mol. The van der Waals surface area contributed by atoms with E-state index >= 15 is 0 Å². The van der Waals surface area contributed by atoms with Gasteiger partial charge in [-0.1, -0.05) is 33.6 Å². The van der Waals surface area contributed by atoms with Gasteiger partial charge in [-0.25, -0.2) is 0 Å². The zero-order valence-electron chi connectivity index (χ0n) is 16.7. The molecule has 1 aliphatic carbocycles. The molecule has 5 nitrogen and oxygen atoms in total. The number of aryl methyl sites for hydroxylation is 1. The second-order valence-electron chi connectivity index (χ2n) is 8.43. The summed E-state index contributed by atoms with van der Waals surface area (Å²) in [5, 5.41) is 6.11. The molecule has 1 aromatic rings. The summed E-state index contributed by atoms with van der Waals surface area (Å²) in [6.07, 6.45) is 5.31. The van der Waals surface area contributed by atoms with Crippen LogP contribution in [0.25, 0.3) is 0 Å². The van der Waals surface area contributed by atoms with Crippen molar-refractivity contribution >= 4 is 17.5 Å². The first-order chi connectivity index (χ1) is 12.9. The van der Waals surface area contributed by atoms with E-state index in [4.69, 9.17) is 4.74 Å². The van der Waals surface area contributed by atoms with Crippen molar-refractivity contribution < 1.29 is 14.3 Å². The standard InChI is InChI=1S/C22H32N2O3/c1-14(11-22(26)23-19-6-4-5-15(2)16(19)3)13-27-18-8-9-20-17(12-18)7-10-21(25)24-20/h8-9,12,14-16,19H,4-7,10-11,13H2,1-3H3,(H,23,26)(H,24,25). The summed E-state index contributed by atoms with van der Waals surface area (Å²) in [6.45, 7) is 7.09. The summed E-state index contributed by atoms with van der Waals surface area (Å²) in [5.74, 6) is 2.37. The minimum Gasteiger partial charge on any atom is -0.493 e. The molecule has 0 aromatic heterocycles. The Balaban J connectivity index is 1.45. The van der Waals surface area contributed by atoms with Gasteiger partial charge in [0.15, 0.2) is 0 Å². The van der Waals surface area contributed by atoms with Crippen LogP contribution in [-0.2, 0) is 16.0 Å². The van der Waals surface area contributed by atoms with Gasteiger partial charge in [-0.15, -0.1) is 0 Å². The molecule has 2 aliphatic rings. The molecule has 0 bridgehead atoms. The van der Waals surface area contributed by atoms with Gasteiger partial charge in [-0.3, -0.25) is 9.59 Å². The molecule has 0 spiro atoms. The fourth-order valence-corrected chi connectivity index (χ4v) is 4.11. The topological polar surface area (TPSA) is 67.4 Å². The normalized spacial score (nSPS) is 25.9. The predicted octanol–water partition coefficient (Wildman–Crippen LogP) is 3.92. The molecule has 4 atom stereocenters. The van der Waals surface area contributed by atoms with Crippen LogP contribution in [0.3, 0.4) is 0 Å². The third-order valence-electron chi connectivity index (χ3n) is 6.09. The molecule has 1 saturated carbocycles. The lowest BCUT2D eigenvalue weighted by Gasteiger charge is -2.34. The highest BCUT2D eigenvalue weighted by Gasteiger charge is 2.28. The Kier molecular flexibility index (Phi) is 6.40. The van der Waals surface area contributed by atoms with Crippen LogP contribution >= 0.6 is 0 Å². The maximum Gasteiger partial charge on any atom is 0.224 e. The number of amides is 2. The van der Waals surface area contributed by atoms with Crippen molar-refractivity contribution in [1.82, 2.24) is 5.32 Å². The molecule has 1 fully saturated rings. The van der Waals surface area contributed by atoms with Crippen LogP contribution in [0, 0.1) is 17.8 Å². The maximum atomic E-state index is 12.4. The van der Waals surface area contributed by atoms with E-state index in [9.17, 15) is 9.59 Å². The summed E-state index contributed by atoms with van der Waals surface area (Å²) >= 11 is 0. The minimum absolute atomic E-state index is 0.0671. The van der Waals surface area contributed by atoms with Gasteiger partial charge >= 0.3 is 0 Å². The van der Waals surface area contributed by atoms with Crippen molar-refractivity contribution in [2.24, 2.45) is 17.8 Å². The van der Waals surface area contributed by atoms with E-state index < -0.39 is 0 Å². The van der Waals surface area contributed by atoms with Crippen LogP contribution in [0.5, 0.6) is 5.75 Å². The van der Waals surface area contributed by atoms with Crippen LogP contribution in [0.1, 0.15) is 58.4 Å². The van der Waals surface area contributed by atoms with Crippen molar-refractivity contribution in [1.29, 1.82) is 0 Å². The monoisotopic (exact) mass is 372 g/mol. The molecule has 2 amide bonds. The van der Waals surface area contributed by atoms with Gasteiger partial charge in [0.05, 0.1) is 6.61 Å². The molecule has 4 unspecified atom stereocenters. The van der Waals surface area contributed by atoms with Crippen molar-refractivity contribution in [3.63, 3.8) is 0 Å². The number of benzene rings is 1. The smallest absolute Gasteiger partial charge is 0.224 e. The third-order valence-corrected chi connectivity index (χ3v) is 6.09. The number of carbonyl (C=O) groups excluding carboxylic acids is 2. The lowest BCUT2D eigenvalue weighted by Crippen LogP contribution is -2.44. The third kappa shape index (κ3) is 5.24. The van der Waals surface area contributed by atoms with E-state index in [0.29, 0.717) is 37.3 Å². The van der Waals surface area contributed by atoms with Gasteiger partial charge in [0.25, 0.3) is 0 Å². The Bertz CT molecular complexity index is 688. The van der Waals surface area contributed by atoms with Gasteiger partial charge in [0, 0.05) is 24.6 Å². The number of carbonyl (C=O) groups is 2. The quantitative estimate of drug-likeness (QED) is 0.795. The summed E-state index contributed by atoms with van der Waals surface area (Å²) < 4.78 is 5.90. The Hall–Kier alpha value is -2.04. The molecule has 5 heteroatoms. The van der Waals surface area contributed by atoms with Gasteiger partial charge in [-0.2, -0.15) is 0 Å². The van der Waals surface area contributed by atoms with Crippen molar-refractivity contribution in [3.8, 4) is 5.75 Å². The van der Waals surface area contributed by atoms with Crippen LogP contribution in [0.2, 0.25) is 0 Å². The highest BCUT2D eigenvalue weighted by atomic mass is 16.5. The zero-order chi connectivity index (χ0) is 19.4. The molecule has 1 heterocycles. The second-order valence-corrected chi connectivity index (χ2v) is 8.43. The second kappa shape index (κ2) is 8.77. The van der Waals surface area contributed by atoms with Crippen molar-refractivity contribution in [3.05, 3.63) is 23.8 Å². The van der Waals surface area contributed by atoms with Gasteiger partial charge < -0.3 is 15.4 Å². The molecular formula is C22H32N2O3. The number of hydrogen-bond donors (Lipinski definition) is 2. The summed E-state index contributed by atoms with van der Waals surface area (Å²) in [6, 6.07) is 6.07. The van der Waals surface area contributed by atoms with E-state index in [0.717, 1.165) is 29.8 Å². The molecule has 3 rings (SSSR count). The van der Waals surface area contributed by atoms with Gasteiger partial charge in [-0.05, 0) is 54.4 Å². The first-order valence-corrected chi connectivity index (χ1v) is 10.3. The summed E-state index contributed by atoms with van der Waals surface area (Å²) in [4.78, 5) is 23.8. The lowest BCUT2D eigenvalue weighted by molar-refractivity contribution is -0.123. The molecule has 1 aliphatic heterocycles. The molecule has 2 N–H and O–H groups in total. The van der Waals surface area contributed by atoms with Crippen LogP contribution < -0.4 is 15.4 Å². The zero-order valence-corrected chi connectivity index (χ0v) is 16.7. The maximum absolute atomic E-state index is 12.4. The highest BCUT2D eigenvalue weighted by molar-refractivity contribution is 5.94.